The van der Waals surface area contributed by atoms with E-state index in [9.17, 15) is 30.5 Å². The van der Waals surface area contributed by atoms with Gasteiger partial charge in [-0.2, -0.15) is 0 Å². The lowest BCUT2D eigenvalue weighted by Gasteiger charge is -2.05. The largest absolute Gasteiger partial charge is 0.498 e. The van der Waals surface area contributed by atoms with Crippen molar-refractivity contribution in [2.75, 3.05) is 0 Å². The summed E-state index contributed by atoms with van der Waals surface area (Å²) in [6.45, 7) is 0. The second kappa shape index (κ2) is 3.84. The van der Waals surface area contributed by atoms with Gasteiger partial charge in [0.15, 0.2) is 0 Å². The van der Waals surface area contributed by atoms with Crippen LogP contribution in [0.1, 0.15) is 6.42 Å². The first-order valence-corrected chi connectivity index (χ1v) is 3.79. The zero-order valence-electron chi connectivity index (χ0n) is 7.56. The summed E-state index contributed by atoms with van der Waals surface area (Å²) in [6, 6.07) is 0. The fourth-order valence-corrected chi connectivity index (χ4v) is 1.09. The fraction of sp³-hybridized carbons (Fsp3) is 0.167. The van der Waals surface area contributed by atoms with Crippen molar-refractivity contribution in [3.05, 3.63) is 48.7 Å². The average molecular weight is 231 g/mol. The van der Waals surface area contributed by atoms with Crippen molar-refractivity contribution in [1.29, 1.82) is 0 Å². The highest BCUT2D eigenvalue weighted by Crippen LogP contribution is 2.22. The number of nitro groups is 2. The predicted molar refractivity (Wildman–Crippen MR) is 46.8 cm³/mol. The zero-order valence-corrected chi connectivity index (χ0v) is 7.56. The van der Waals surface area contributed by atoms with E-state index in [4.69, 9.17) is 5.21 Å². The molecule has 0 amide bonds. The molecule has 1 aliphatic carbocycles. The maximum atomic E-state index is 10.5. The van der Waals surface area contributed by atoms with Gasteiger partial charge in [0.25, 0.3) is 11.5 Å². The van der Waals surface area contributed by atoms with Crippen LogP contribution >= 0.6 is 0 Å². The minimum atomic E-state index is -1.12. The van der Waals surface area contributed by atoms with E-state index in [1.54, 1.807) is 0 Å². The second-order valence-electron chi connectivity index (χ2n) is 2.78. The number of aliphatic hydroxyl groups excluding tert-OH is 1. The summed E-state index contributed by atoms with van der Waals surface area (Å²) in [5.74, 6) is -1.12. The van der Waals surface area contributed by atoms with Gasteiger partial charge in [0.1, 0.15) is 6.42 Å². The summed E-state index contributed by atoms with van der Waals surface area (Å²) in [7, 11) is 0. The SMILES string of the molecule is O=[N+]([O-])C1=CC(=[N+]([O-])O)CC([N+](=O)[O-])=C1O. The highest BCUT2D eigenvalue weighted by Gasteiger charge is 2.38. The highest BCUT2D eigenvalue weighted by atomic mass is 16.8. The molecule has 0 aliphatic heterocycles. The average Bonchev–Trinajstić information content (AvgIpc) is 2.16. The van der Waals surface area contributed by atoms with E-state index in [0.29, 0.717) is 6.08 Å². The van der Waals surface area contributed by atoms with E-state index >= 15 is 0 Å². The van der Waals surface area contributed by atoms with Crippen LogP contribution in [0.2, 0.25) is 0 Å². The van der Waals surface area contributed by atoms with Gasteiger partial charge in [-0.1, -0.05) is 0 Å². The Bertz CT molecular complexity index is 457. The van der Waals surface area contributed by atoms with Crippen LogP contribution < -0.4 is 0 Å². The molecule has 0 aromatic carbocycles. The maximum Gasteiger partial charge on any atom is 0.324 e. The summed E-state index contributed by atoms with van der Waals surface area (Å²) in [5, 5.41) is 49.0. The van der Waals surface area contributed by atoms with Crippen molar-refractivity contribution in [1.82, 2.24) is 0 Å². The summed E-state index contributed by atoms with van der Waals surface area (Å²) < 4.78 is 0. The Morgan fingerprint density at radius 1 is 1.19 bits per heavy atom. The molecule has 0 heterocycles. The summed E-state index contributed by atoms with van der Waals surface area (Å²) >= 11 is 0. The van der Waals surface area contributed by atoms with Crippen molar-refractivity contribution < 1.29 is 25.1 Å². The molecule has 0 fully saturated rings. The first-order valence-electron chi connectivity index (χ1n) is 3.79. The number of allylic oxidation sites excluding steroid dienone is 2. The van der Waals surface area contributed by atoms with Crippen molar-refractivity contribution in [3.8, 4) is 0 Å². The Morgan fingerprint density at radius 3 is 2.12 bits per heavy atom. The number of hydrogen-bond acceptors (Lipinski definition) is 7. The van der Waals surface area contributed by atoms with Crippen molar-refractivity contribution in [3.63, 3.8) is 0 Å². The minimum Gasteiger partial charge on any atom is -0.498 e. The van der Waals surface area contributed by atoms with Crippen LogP contribution in [0, 0.1) is 25.4 Å². The van der Waals surface area contributed by atoms with E-state index in [-0.39, 0.29) is 0 Å². The van der Waals surface area contributed by atoms with E-state index in [1.807, 2.05) is 0 Å². The van der Waals surface area contributed by atoms with Gasteiger partial charge in [-0.25, -0.2) is 0 Å². The van der Waals surface area contributed by atoms with Crippen LogP contribution in [0.4, 0.5) is 0 Å². The molecule has 10 heteroatoms. The van der Waals surface area contributed by atoms with Crippen LogP contribution in [0.5, 0.6) is 0 Å². The lowest BCUT2D eigenvalue weighted by molar-refractivity contribution is -0.726. The van der Waals surface area contributed by atoms with Crippen LogP contribution in [0.15, 0.2) is 23.2 Å². The van der Waals surface area contributed by atoms with Gasteiger partial charge in [0.05, 0.1) is 15.9 Å². The van der Waals surface area contributed by atoms with Crippen LogP contribution in [0.25, 0.3) is 0 Å². The van der Waals surface area contributed by atoms with Gasteiger partial charge in [-0.05, 0) is 0 Å². The Hall–Kier alpha value is -2.65. The molecule has 86 valence electrons. The number of aliphatic hydroxyl groups is 1. The molecule has 0 saturated carbocycles. The van der Waals surface area contributed by atoms with Gasteiger partial charge >= 0.3 is 11.4 Å². The lowest BCUT2D eigenvalue weighted by Crippen LogP contribution is -2.22. The molecule has 0 unspecified atom stereocenters. The monoisotopic (exact) mass is 231 g/mol. The molecular weight excluding hydrogens is 226 g/mol. The topological polar surface area (TPSA) is 153 Å². The van der Waals surface area contributed by atoms with Crippen LogP contribution in [-0.4, -0.2) is 30.8 Å². The van der Waals surface area contributed by atoms with E-state index in [2.05, 4.69) is 0 Å². The zero-order chi connectivity index (χ0) is 12.5. The molecular formula is C6H5N3O7. The highest BCUT2D eigenvalue weighted by molar-refractivity contribution is 5.94. The van der Waals surface area contributed by atoms with Crippen LogP contribution in [-0.2, 0) is 0 Å². The Kier molecular flexibility index (Phi) is 2.74. The van der Waals surface area contributed by atoms with E-state index in [1.165, 1.54) is 0 Å². The van der Waals surface area contributed by atoms with Crippen molar-refractivity contribution in [2.45, 2.75) is 6.42 Å². The standard InChI is InChI=1S/C6H5N3O7/c10-6-4(8(13)14)1-3(7(11)12)2-5(6)9(15)16/h1,10H,2H2,(H,11,12). The lowest BCUT2D eigenvalue weighted by atomic mass is 10.1. The quantitative estimate of drug-likeness (QED) is 0.292. The van der Waals surface area contributed by atoms with Gasteiger partial charge in [-0.3, -0.25) is 25.4 Å². The molecule has 1 rings (SSSR count). The van der Waals surface area contributed by atoms with Crippen molar-refractivity contribution >= 4 is 5.71 Å². The molecule has 0 atom stereocenters. The predicted octanol–water partition coefficient (Wildman–Crippen LogP) is -0.0625. The second-order valence-corrected chi connectivity index (χ2v) is 2.78. The Morgan fingerprint density at radius 2 is 1.75 bits per heavy atom. The fourth-order valence-electron chi connectivity index (χ4n) is 1.09. The molecule has 0 aromatic heterocycles. The third kappa shape index (κ3) is 1.89. The Labute approximate surface area is 86.9 Å². The molecule has 1 aliphatic rings. The smallest absolute Gasteiger partial charge is 0.324 e. The number of hydrogen-bond donors (Lipinski definition) is 2. The maximum absolute atomic E-state index is 10.5. The first-order chi connectivity index (χ1) is 7.34. The molecule has 0 spiro atoms. The number of nitrogens with zero attached hydrogens (tertiary/aromatic N) is 3. The third-order valence-electron chi connectivity index (χ3n) is 1.83. The van der Waals surface area contributed by atoms with E-state index < -0.39 is 44.0 Å². The third-order valence-corrected chi connectivity index (χ3v) is 1.83. The van der Waals surface area contributed by atoms with Gasteiger partial charge in [-0.15, -0.1) is 0 Å². The summed E-state index contributed by atoms with van der Waals surface area (Å²) in [5.41, 5.74) is -2.53. The summed E-state index contributed by atoms with van der Waals surface area (Å²) in [4.78, 5) is 18.0. The molecule has 0 bridgehead atoms. The normalized spacial score (nSPS) is 19.1. The molecule has 10 nitrogen and oxygen atoms in total. The summed E-state index contributed by atoms with van der Waals surface area (Å²) in [6.07, 6.45) is -0.133. The molecule has 0 radical (unpaired) electrons. The molecule has 16 heavy (non-hydrogen) atoms. The Balaban J connectivity index is 3.38. The van der Waals surface area contributed by atoms with E-state index in [0.717, 1.165) is 0 Å². The van der Waals surface area contributed by atoms with Gasteiger partial charge in [0.2, 0.25) is 0 Å². The molecule has 2 N–H and O–H groups in total. The first kappa shape index (κ1) is 11.4. The minimum absolute atomic E-state index is 0.565. The molecule has 0 saturated heterocycles. The van der Waals surface area contributed by atoms with Gasteiger partial charge in [0, 0.05) is 4.90 Å². The molecule has 0 aromatic rings. The van der Waals surface area contributed by atoms with Crippen LogP contribution in [0.3, 0.4) is 0 Å². The number of rotatable bonds is 2. The van der Waals surface area contributed by atoms with Crippen molar-refractivity contribution in [2.24, 2.45) is 0 Å². The van der Waals surface area contributed by atoms with Gasteiger partial charge < -0.3 is 10.3 Å².